The summed E-state index contributed by atoms with van der Waals surface area (Å²) in [5, 5.41) is 5.29. The fourth-order valence-electron chi connectivity index (χ4n) is 2.74. The van der Waals surface area contributed by atoms with Crippen LogP contribution in [0.25, 0.3) is 22.4 Å². The zero-order valence-corrected chi connectivity index (χ0v) is 17.9. The van der Waals surface area contributed by atoms with Gasteiger partial charge in [0.2, 0.25) is 4.96 Å². The smallest absolute Gasteiger partial charge is 0.291 e. The van der Waals surface area contributed by atoms with Gasteiger partial charge >= 0.3 is 0 Å². The van der Waals surface area contributed by atoms with E-state index >= 15 is 0 Å². The summed E-state index contributed by atoms with van der Waals surface area (Å²) in [5.41, 5.74) is 1.41. The van der Waals surface area contributed by atoms with Gasteiger partial charge in [-0.15, -0.1) is 5.10 Å². The summed E-state index contributed by atoms with van der Waals surface area (Å²) in [4.78, 5) is 17.7. The molecule has 148 valence electrons. The van der Waals surface area contributed by atoms with E-state index in [9.17, 15) is 4.79 Å². The Morgan fingerprint density at radius 3 is 2.62 bits per heavy atom. The predicted octanol–water partition coefficient (Wildman–Crippen LogP) is 4.85. The number of benzene rings is 2. The number of hydrogen-bond donors (Lipinski definition) is 0. The summed E-state index contributed by atoms with van der Waals surface area (Å²) in [6, 6.07) is 12.8. The van der Waals surface area contributed by atoms with Gasteiger partial charge < -0.3 is 4.74 Å². The van der Waals surface area contributed by atoms with E-state index in [-0.39, 0.29) is 5.56 Å². The monoisotopic (exact) mass is 445 g/mol. The third-order valence-electron chi connectivity index (χ3n) is 4.30. The van der Waals surface area contributed by atoms with E-state index in [1.165, 1.54) is 15.9 Å². The average Bonchev–Trinajstić information content (AvgIpc) is 3.25. The van der Waals surface area contributed by atoms with Gasteiger partial charge in [0, 0.05) is 5.56 Å². The molecule has 2 heterocycles. The Morgan fingerprint density at radius 2 is 1.93 bits per heavy atom. The first kappa shape index (κ1) is 19.9. The lowest BCUT2D eigenvalue weighted by Gasteiger charge is -2.05. The Morgan fingerprint density at radius 1 is 1.14 bits per heavy atom. The molecule has 0 N–H and O–H groups in total. The normalized spacial score (nSPS) is 12.0. The lowest BCUT2D eigenvalue weighted by Crippen LogP contribution is -2.23. The second kappa shape index (κ2) is 8.53. The number of aromatic nitrogens is 3. The van der Waals surface area contributed by atoms with E-state index in [0.29, 0.717) is 32.0 Å². The van der Waals surface area contributed by atoms with Gasteiger partial charge in [0.05, 0.1) is 21.2 Å². The highest BCUT2D eigenvalue weighted by Crippen LogP contribution is 2.23. The quantitative estimate of drug-likeness (QED) is 0.398. The van der Waals surface area contributed by atoms with Crippen LogP contribution < -0.4 is 14.8 Å². The number of thiazole rings is 1. The molecule has 4 aromatic rings. The summed E-state index contributed by atoms with van der Waals surface area (Å²) in [6.45, 7) is 2.83. The van der Waals surface area contributed by atoms with Gasteiger partial charge in [-0.25, -0.2) is 0 Å². The molecule has 0 amide bonds. The van der Waals surface area contributed by atoms with Crippen LogP contribution in [0.4, 0.5) is 0 Å². The Hall–Kier alpha value is -2.41. The average molecular weight is 446 g/mol. The molecule has 0 aliphatic heterocycles. The second-order valence-electron chi connectivity index (χ2n) is 6.45. The molecule has 0 fully saturated rings. The van der Waals surface area contributed by atoms with Crippen LogP contribution in [0.2, 0.25) is 10.0 Å². The molecule has 29 heavy (non-hydrogen) atoms. The Labute approximate surface area is 181 Å². The minimum atomic E-state index is -0.214. The van der Waals surface area contributed by atoms with E-state index in [4.69, 9.17) is 27.9 Å². The minimum Gasteiger partial charge on any atom is -0.494 e. The number of halogens is 2. The van der Waals surface area contributed by atoms with E-state index in [1.54, 1.807) is 24.3 Å². The maximum Gasteiger partial charge on any atom is 0.291 e. The molecule has 0 atom stereocenters. The van der Waals surface area contributed by atoms with E-state index in [2.05, 4.69) is 17.0 Å². The topological polar surface area (TPSA) is 56.5 Å². The van der Waals surface area contributed by atoms with Crippen molar-refractivity contribution in [1.29, 1.82) is 0 Å². The number of unbranched alkanes of at least 4 members (excludes halogenated alkanes) is 1. The first-order valence-corrected chi connectivity index (χ1v) is 10.7. The number of ether oxygens (including phenoxy) is 1. The lowest BCUT2D eigenvalue weighted by atomic mass is 10.2. The van der Waals surface area contributed by atoms with Crippen LogP contribution in [0.3, 0.4) is 0 Å². The molecule has 0 aliphatic rings. The summed E-state index contributed by atoms with van der Waals surface area (Å²) in [6.07, 6.45) is 3.87. The van der Waals surface area contributed by atoms with Crippen LogP contribution in [-0.4, -0.2) is 21.2 Å². The fourth-order valence-corrected chi connectivity index (χ4v) is 3.96. The van der Waals surface area contributed by atoms with Crippen molar-refractivity contribution in [3.05, 3.63) is 73.0 Å². The van der Waals surface area contributed by atoms with Gasteiger partial charge in [-0.1, -0.05) is 53.9 Å². The van der Waals surface area contributed by atoms with Crippen molar-refractivity contribution < 1.29 is 4.74 Å². The van der Waals surface area contributed by atoms with E-state index < -0.39 is 0 Å². The van der Waals surface area contributed by atoms with Crippen LogP contribution in [0.5, 0.6) is 5.75 Å². The first-order chi connectivity index (χ1) is 14.0. The number of rotatable bonds is 6. The van der Waals surface area contributed by atoms with E-state index in [0.717, 1.165) is 29.7 Å². The Balaban J connectivity index is 1.62. The fraction of sp³-hybridized carbons (Fsp3) is 0.190. The largest absolute Gasteiger partial charge is 0.494 e. The Bertz CT molecular complexity index is 1270. The summed E-state index contributed by atoms with van der Waals surface area (Å²) >= 11 is 13.3. The standard InChI is InChI=1S/C21H17Cl2N3O2S/c1-2-3-10-28-15-7-5-14(6-8-15)19-24-21-26(25-19)20(27)18(29-21)12-13-4-9-16(22)17(23)11-13/h4-9,11-12H,2-3,10H2,1H3/b18-12-. The molecule has 0 bridgehead atoms. The minimum absolute atomic E-state index is 0.214. The molecule has 0 unspecified atom stereocenters. The van der Waals surface area contributed by atoms with E-state index in [1.807, 2.05) is 24.3 Å². The van der Waals surface area contributed by atoms with Crippen molar-refractivity contribution >= 4 is 45.6 Å². The van der Waals surface area contributed by atoms with Crippen molar-refractivity contribution in [2.75, 3.05) is 6.61 Å². The van der Waals surface area contributed by atoms with Crippen molar-refractivity contribution in [3.63, 3.8) is 0 Å². The van der Waals surface area contributed by atoms with Gasteiger partial charge in [0.1, 0.15) is 5.75 Å². The van der Waals surface area contributed by atoms with Crippen molar-refractivity contribution in [2.24, 2.45) is 0 Å². The van der Waals surface area contributed by atoms with Gasteiger partial charge in [-0.2, -0.15) is 9.50 Å². The van der Waals surface area contributed by atoms with Crippen molar-refractivity contribution in [1.82, 2.24) is 14.6 Å². The van der Waals surface area contributed by atoms with Gasteiger partial charge in [0.25, 0.3) is 5.56 Å². The predicted molar refractivity (Wildman–Crippen MR) is 118 cm³/mol. The SMILES string of the molecule is CCCCOc1ccc(-c2nc3s/c(=C\c4ccc(Cl)c(Cl)c4)c(=O)n3n2)cc1. The highest BCUT2D eigenvalue weighted by molar-refractivity contribution is 7.15. The van der Waals surface area contributed by atoms with Crippen LogP contribution in [-0.2, 0) is 0 Å². The molecule has 4 rings (SSSR count). The molecule has 0 aliphatic carbocycles. The molecular formula is C21H17Cl2N3O2S. The van der Waals surface area contributed by atoms with Gasteiger partial charge in [0.15, 0.2) is 5.82 Å². The third-order valence-corrected chi connectivity index (χ3v) is 6.00. The molecule has 5 nitrogen and oxygen atoms in total. The van der Waals surface area contributed by atoms with Crippen LogP contribution >= 0.6 is 34.5 Å². The zero-order valence-electron chi connectivity index (χ0n) is 15.6. The molecule has 8 heteroatoms. The van der Waals surface area contributed by atoms with Gasteiger partial charge in [-0.3, -0.25) is 4.79 Å². The summed E-state index contributed by atoms with van der Waals surface area (Å²) in [7, 11) is 0. The van der Waals surface area contributed by atoms with Crippen LogP contribution in [0, 0.1) is 0 Å². The maximum absolute atomic E-state index is 12.7. The van der Waals surface area contributed by atoms with Crippen LogP contribution in [0.15, 0.2) is 47.3 Å². The number of hydrogen-bond acceptors (Lipinski definition) is 5. The van der Waals surface area contributed by atoms with Crippen LogP contribution in [0.1, 0.15) is 25.3 Å². The first-order valence-electron chi connectivity index (χ1n) is 9.15. The van der Waals surface area contributed by atoms with Crippen molar-refractivity contribution in [2.45, 2.75) is 19.8 Å². The molecule has 0 saturated heterocycles. The highest BCUT2D eigenvalue weighted by Gasteiger charge is 2.12. The number of fused-ring (bicyclic) bond motifs is 1. The molecule has 0 radical (unpaired) electrons. The highest BCUT2D eigenvalue weighted by atomic mass is 35.5. The third kappa shape index (κ3) is 4.29. The maximum atomic E-state index is 12.7. The Kier molecular flexibility index (Phi) is 5.85. The summed E-state index contributed by atoms with van der Waals surface area (Å²) in [5.74, 6) is 1.32. The molecule has 2 aromatic heterocycles. The van der Waals surface area contributed by atoms with Gasteiger partial charge in [-0.05, 0) is 54.5 Å². The molecule has 2 aromatic carbocycles. The van der Waals surface area contributed by atoms with Crippen molar-refractivity contribution in [3.8, 4) is 17.1 Å². The zero-order chi connectivity index (χ0) is 20.4. The molecule has 0 saturated carbocycles. The molecular weight excluding hydrogens is 429 g/mol. The summed E-state index contributed by atoms with van der Waals surface area (Å²) < 4.78 is 7.53. The second-order valence-corrected chi connectivity index (χ2v) is 8.27. The lowest BCUT2D eigenvalue weighted by molar-refractivity contribution is 0.309. The number of nitrogens with zero attached hydrogens (tertiary/aromatic N) is 3. The molecule has 0 spiro atoms.